The number of aromatic nitrogens is 1. The van der Waals surface area contributed by atoms with Gasteiger partial charge in [-0.1, -0.05) is 24.3 Å². The molecule has 3 aromatic carbocycles. The van der Waals surface area contributed by atoms with Gasteiger partial charge in [-0.3, -0.25) is 19.2 Å². The van der Waals surface area contributed by atoms with Crippen LogP contribution < -0.4 is 15.4 Å². The van der Waals surface area contributed by atoms with E-state index >= 15 is 0 Å². The molecule has 0 spiro atoms. The molecule has 4 aromatic rings. The zero-order valence-corrected chi connectivity index (χ0v) is 30.1. The number of ketones is 3. The lowest BCUT2D eigenvalue weighted by molar-refractivity contribution is -0.249. The van der Waals surface area contributed by atoms with E-state index in [9.17, 15) is 39.6 Å². The van der Waals surface area contributed by atoms with Gasteiger partial charge in [-0.2, -0.15) is 0 Å². The molecule has 1 amide bonds. The summed E-state index contributed by atoms with van der Waals surface area (Å²) in [6, 6.07) is 14.6. The van der Waals surface area contributed by atoms with E-state index < -0.39 is 82.6 Å². The van der Waals surface area contributed by atoms with Crippen LogP contribution in [0.3, 0.4) is 0 Å². The average Bonchev–Trinajstić information content (AvgIpc) is 3.58. The van der Waals surface area contributed by atoms with Crippen molar-refractivity contribution in [1.29, 1.82) is 0 Å². The number of phenolic OH excluding ortho intramolecular Hbond substituents is 2. The molecule has 1 fully saturated rings. The molecule has 7 rings (SSSR count). The smallest absolute Gasteiger partial charge is 0.272 e. The number of carbonyl (C=O) groups is 4. The quantitative estimate of drug-likeness (QED) is 0.120. The highest BCUT2D eigenvalue weighted by molar-refractivity contribution is 6.31. The summed E-state index contributed by atoms with van der Waals surface area (Å²) in [6.07, 6.45) is -2.94. The standard InChI is InChI=1S/C40H41N3O11/c1-19-34(45)25(41-18-21-10-12-22(13-11-21)42-39(50)26-8-6-14-43(26)3)15-29(53-19)54-28-17-40(51,20(2)44)16-24-31(28)38(49)33-32(36(24)47)35(46)23-7-5-9-27(52-4)30(23)37(33)48/h5-14,19,25,28-29,34,41,45,47,49,51H,15-18H2,1-4H3,(H,42,50)/t19?,25?,28-,29?,34-,40-/m0/s1. The Balaban J connectivity index is 1.13. The monoisotopic (exact) mass is 739 g/mol. The van der Waals surface area contributed by atoms with Gasteiger partial charge < -0.3 is 49.8 Å². The lowest BCUT2D eigenvalue weighted by Crippen LogP contribution is -2.54. The van der Waals surface area contributed by atoms with E-state index in [1.54, 1.807) is 49.0 Å². The third-order valence-electron chi connectivity index (χ3n) is 10.7. The van der Waals surface area contributed by atoms with Gasteiger partial charge in [-0.25, -0.2) is 0 Å². The molecule has 3 unspecified atom stereocenters. The fourth-order valence-corrected chi connectivity index (χ4v) is 7.67. The Hall–Kier alpha value is -5.38. The van der Waals surface area contributed by atoms with Crippen LogP contribution >= 0.6 is 0 Å². The van der Waals surface area contributed by atoms with Crippen LogP contribution in [0.1, 0.15) is 91.8 Å². The van der Waals surface area contributed by atoms with Crippen LogP contribution in [0.2, 0.25) is 0 Å². The number of phenols is 2. The first kappa shape index (κ1) is 37.0. The Bertz CT molecular complexity index is 2180. The summed E-state index contributed by atoms with van der Waals surface area (Å²) in [5, 5.41) is 52.2. The summed E-state index contributed by atoms with van der Waals surface area (Å²) in [5.41, 5.74) is -1.19. The average molecular weight is 740 g/mol. The van der Waals surface area contributed by atoms with Gasteiger partial charge in [-0.15, -0.1) is 0 Å². The number of amides is 1. The van der Waals surface area contributed by atoms with Gasteiger partial charge >= 0.3 is 0 Å². The molecule has 1 aliphatic heterocycles. The zero-order valence-electron chi connectivity index (χ0n) is 30.1. The van der Waals surface area contributed by atoms with Gasteiger partial charge in [-0.05, 0) is 49.7 Å². The third-order valence-corrected chi connectivity index (χ3v) is 10.7. The van der Waals surface area contributed by atoms with Crippen molar-refractivity contribution < 1.29 is 53.8 Å². The first-order valence-corrected chi connectivity index (χ1v) is 17.6. The van der Waals surface area contributed by atoms with Crippen molar-refractivity contribution in [3.05, 3.63) is 105 Å². The van der Waals surface area contributed by atoms with E-state index in [1.807, 2.05) is 12.1 Å². The fourth-order valence-electron chi connectivity index (χ4n) is 7.67. The summed E-state index contributed by atoms with van der Waals surface area (Å²) in [7, 11) is 3.13. The summed E-state index contributed by atoms with van der Waals surface area (Å²) in [6.45, 7) is 3.19. The molecular weight excluding hydrogens is 698 g/mol. The van der Waals surface area contributed by atoms with E-state index in [4.69, 9.17) is 14.2 Å². The molecule has 1 aromatic heterocycles. The van der Waals surface area contributed by atoms with E-state index in [1.165, 1.54) is 32.2 Å². The van der Waals surface area contributed by atoms with Crippen LogP contribution in [0.5, 0.6) is 17.2 Å². The minimum absolute atomic E-state index is 0.0284. The predicted molar refractivity (Wildman–Crippen MR) is 193 cm³/mol. The van der Waals surface area contributed by atoms with Crippen molar-refractivity contribution in [3.8, 4) is 17.2 Å². The van der Waals surface area contributed by atoms with E-state index in [0.717, 1.165) is 5.56 Å². The highest BCUT2D eigenvalue weighted by Crippen LogP contribution is 2.52. The van der Waals surface area contributed by atoms with Gasteiger partial charge in [0.05, 0.1) is 42.1 Å². The largest absolute Gasteiger partial charge is 0.507 e. The summed E-state index contributed by atoms with van der Waals surface area (Å²) < 4.78 is 19.5. The number of hydrogen-bond acceptors (Lipinski definition) is 12. The van der Waals surface area contributed by atoms with Gasteiger partial charge in [0.2, 0.25) is 5.78 Å². The van der Waals surface area contributed by atoms with Crippen molar-refractivity contribution in [3.63, 3.8) is 0 Å². The summed E-state index contributed by atoms with van der Waals surface area (Å²) in [4.78, 5) is 53.1. The Morgan fingerprint density at radius 1 is 1.00 bits per heavy atom. The molecule has 2 aliphatic carbocycles. The summed E-state index contributed by atoms with van der Waals surface area (Å²) >= 11 is 0. The lowest BCUT2D eigenvalue weighted by atomic mass is 9.72. The maximum atomic E-state index is 13.9. The molecule has 0 radical (unpaired) electrons. The zero-order chi connectivity index (χ0) is 38.6. The number of aliphatic hydroxyl groups excluding tert-OH is 1. The molecule has 3 aliphatic rings. The van der Waals surface area contributed by atoms with Gasteiger partial charge in [0, 0.05) is 67.5 Å². The lowest BCUT2D eigenvalue weighted by Gasteiger charge is -2.43. The molecule has 6 N–H and O–H groups in total. The molecule has 14 heteroatoms. The number of aryl methyl sites for hydroxylation is 1. The Morgan fingerprint density at radius 2 is 1.72 bits per heavy atom. The Kier molecular flexibility index (Phi) is 9.66. The SMILES string of the molecule is COc1cccc2c1C(=O)c1c(O)c3c(c(O)c1C2=O)C[C@@](O)(C(C)=O)C[C@@H]3OC1CC(NCc2ccc(NC(=O)c3cccn3C)cc2)[C@@H](O)C(C)O1. The maximum Gasteiger partial charge on any atom is 0.272 e. The fraction of sp³-hybridized carbons (Fsp3) is 0.350. The number of fused-ring (bicyclic) bond motifs is 3. The number of Topliss-reactive ketones (excluding diaryl/α,β-unsaturated/α-hetero) is 1. The number of methoxy groups -OCH3 is 1. The number of carbonyl (C=O) groups excluding carboxylic acids is 4. The molecule has 1 saturated heterocycles. The highest BCUT2D eigenvalue weighted by atomic mass is 16.7. The molecule has 2 heterocycles. The van der Waals surface area contributed by atoms with E-state index in [2.05, 4.69) is 10.6 Å². The first-order chi connectivity index (χ1) is 25.7. The minimum atomic E-state index is -2.05. The summed E-state index contributed by atoms with van der Waals surface area (Å²) in [5.74, 6) is -3.51. The van der Waals surface area contributed by atoms with Crippen LogP contribution in [-0.2, 0) is 34.3 Å². The van der Waals surface area contributed by atoms with E-state index in [0.29, 0.717) is 17.9 Å². The number of nitrogens with one attached hydrogen (secondary N) is 2. The number of rotatable bonds is 9. The molecule has 282 valence electrons. The first-order valence-electron chi connectivity index (χ1n) is 17.6. The molecule has 0 saturated carbocycles. The minimum Gasteiger partial charge on any atom is -0.507 e. The molecular formula is C40H41N3O11. The van der Waals surface area contributed by atoms with Gasteiger partial charge in [0.25, 0.3) is 5.91 Å². The number of hydrogen-bond donors (Lipinski definition) is 6. The third kappa shape index (κ3) is 6.35. The predicted octanol–water partition coefficient (Wildman–Crippen LogP) is 3.45. The second-order valence-corrected chi connectivity index (χ2v) is 14.1. The topological polar surface area (TPSA) is 206 Å². The van der Waals surface area contributed by atoms with Gasteiger partial charge in [0.1, 0.15) is 28.5 Å². The maximum absolute atomic E-state index is 13.9. The Morgan fingerprint density at radius 3 is 2.39 bits per heavy atom. The molecule has 54 heavy (non-hydrogen) atoms. The second kappa shape index (κ2) is 14.1. The van der Waals surface area contributed by atoms with Crippen LogP contribution in [0.25, 0.3) is 0 Å². The van der Waals surface area contributed by atoms with Crippen LogP contribution in [-0.4, -0.2) is 85.5 Å². The van der Waals surface area contributed by atoms with Crippen LogP contribution in [0, 0.1) is 0 Å². The van der Waals surface area contributed by atoms with Crippen molar-refractivity contribution in [2.75, 3.05) is 12.4 Å². The number of nitrogens with zero attached hydrogens (tertiary/aromatic N) is 1. The normalized spacial score (nSPS) is 24.7. The Labute approximate surface area is 310 Å². The van der Waals surface area contributed by atoms with Gasteiger partial charge in [0.15, 0.2) is 17.9 Å². The van der Waals surface area contributed by atoms with Crippen LogP contribution in [0.15, 0.2) is 60.8 Å². The number of anilines is 1. The molecule has 14 nitrogen and oxygen atoms in total. The number of aliphatic hydroxyl groups is 2. The number of ether oxygens (including phenoxy) is 3. The molecule has 6 atom stereocenters. The highest BCUT2D eigenvalue weighted by Gasteiger charge is 2.49. The van der Waals surface area contributed by atoms with Crippen molar-refractivity contribution in [2.24, 2.45) is 7.05 Å². The second-order valence-electron chi connectivity index (χ2n) is 14.1. The van der Waals surface area contributed by atoms with Crippen molar-refractivity contribution in [1.82, 2.24) is 9.88 Å². The molecule has 0 bridgehead atoms. The van der Waals surface area contributed by atoms with Crippen molar-refractivity contribution in [2.45, 2.75) is 75.9 Å². The number of benzene rings is 3. The van der Waals surface area contributed by atoms with E-state index in [-0.39, 0.29) is 46.8 Å². The van der Waals surface area contributed by atoms with Crippen molar-refractivity contribution >= 4 is 28.9 Å². The number of aromatic hydroxyl groups is 2. The van der Waals surface area contributed by atoms with Crippen LogP contribution in [0.4, 0.5) is 5.69 Å².